The molecule has 0 spiro atoms. The summed E-state index contributed by atoms with van der Waals surface area (Å²) in [6.45, 7) is 2.01. The number of nitrogens with zero attached hydrogens (tertiary/aromatic N) is 1. The molecule has 3 nitrogen and oxygen atoms in total. The van der Waals surface area contributed by atoms with Crippen molar-refractivity contribution in [3.63, 3.8) is 0 Å². The fourth-order valence-electron chi connectivity index (χ4n) is 1.35. The van der Waals surface area contributed by atoms with E-state index in [0.29, 0.717) is 4.64 Å². The highest BCUT2D eigenvalue weighted by Gasteiger charge is 2.00. The zero-order chi connectivity index (χ0) is 10.1. The molecule has 4 heteroatoms. The predicted octanol–water partition coefficient (Wildman–Crippen LogP) is 2.56. The van der Waals surface area contributed by atoms with Crippen LogP contribution in [0.15, 0.2) is 18.2 Å². The molecule has 2 N–H and O–H groups in total. The van der Waals surface area contributed by atoms with Gasteiger partial charge in [-0.05, 0) is 18.2 Å². The second kappa shape index (κ2) is 3.38. The molecule has 2 rings (SSSR count). The van der Waals surface area contributed by atoms with Crippen LogP contribution in [0.25, 0.3) is 10.9 Å². The van der Waals surface area contributed by atoms with E-state index < -0.39 is 0 Å². The Morgan fingerprint density at radius 3 is 3.00 bits per heavy atom. The fourth-order valence-corrected chi connectivity index (χ4v) is 1.63. The standard InChI is InChI=1S/C10H10N2OS/c1-2-9-11-8-4-3-6(13)5-7(8)10(14)12-9/h3-5,13H,2H2,1H3,(H,11,12,14). The summed E-state index contributed by atoms with van der Waals surface area (Å²) in [5.74, 6) is 1.08. The highest BCUT2D eigenvalue weighted by atomic mass is 32.1. The van der Waals surface area contributed by atoms with Gasteiger partial charge in [0.15, 0.2) is 0 Å². The average Bonchev–Trinajstić information content (AvgIpc) is 2.19. The zero-order valence-corrected chi connectivity index (χ0v) is 8.56. The zero-order valence-electron chi connectivity index (χ0n) is 7.74. The van der Waals surface area contributed by atoms with Crippen molar-refractivity contribution >= 4 is 23.1 Å². The fraction of sp³-hybridized carbons (Fsp3) is 0.200. The molecule has 0 bridgehead atoms. The number of aryl methyl sites for hydroxylation is 1. The van der Waals surface area contributed by atoms with Crippen LogP contribution in [0, 0.1) is 4.64 Å². The predicted molar refractivity (Wildman–Crippen MR) is 58.0 cm³/mol. The lowest BCUT2D eigenvalue weighted by molar-refractivity contribution is 0.476. The summed E-state index contributed by atoms with van der Waals surface area (Å²) in [7, 11) is 0. The molecule has 0 aliphatic heterocycles. The lowest BCUT2D eigenvalue weighted by atomic mass is 10.2. The largest absolute Gasteiger partial charge is 0.508 e. The van der Waals surface area contributed by atoms with Gasteiger partial charge in [-0.3, -0.25) is 0 Å². The summed E-state index contributed by atoms with van der Waals surface area (Å²) in [5.41, 5.74) is 0.916. The number of aromatic hydroxyl groups is 1. The van der Waals surface area contributed by atoms with Crippen LogP contribution in [0.1, 0.15) is 12.7 Å². The maximum absolute atomic E-state index is 9.29. The molecule has 0 aliphatic rings. The molecule has 1 aromatic heterocycles. The first-order chi connectivity index (χ1) is 6.70. The van der Waals surface area contributed by atoms with Crippen LogP contribution in [-0.2, 0) is 6.42 Å². The van der Waals surface area contributed by atoms with Crippen LogP contribution in [0.3, 0.4) is 0 Å². The third-order valence-electron chi connectivity index (χ3n) is 2.08. The van der Waals surface area contributed by atoms with E-state index in [0.717, 1.165) is 23.1 Å². The molecule has 0 saturated heterocycles. The topological polar surface area (TPSA) is 48.9 Å². The third-order valence-corrected chi connectivity index (χ3v) is 2.40. The maximum atomic E-state index is 9.29. The van der Waals surface area contributed by atoms with E-state index in [1.165, 1.54) is 0 Å². The summed E-state index contributed by atoms with van der Waals surface area (Å²) in [5, 5.41) is 10.1. The minimum atomic E-state index is 0.211. The lowest BCUT2D eigenvalue weighted by Gasteiger charge is -2.02. The number of fused-ring (bicyclic) bond motifs is 1. The van der Waals surface area contributed by atoms with Crippen LogP contribution in [0.5, 0.6) is 5.75 Å². The summed E-state index contributed by atoms with van der Waals surface area (Å²) in [4.78, 5) is 7.36. The van der Waals surface area contributed by atoms with Gasteiger partial charge in [-0.25, -0.2) is 4.98 Å². The average molecular weight is 206 g/mol. The van der Waals surface area contributed by atoms with Crippen molar-refractivity contribution in [1.82, 2.24) is 9.97 Å². The van der Waals surface area contributed by atoms with Gasteiger partial charge in [0.1, 0.15) is 16.2 Å². The van der Waals surface area contributed by atoms with Gasteiger partial charge in [-0.15, -0.1) is 0 Å². The van der Waals surface area contributed by atoms with Crippen LogP contribution in [0.2, 0.25) is 0 Å². The summed E-state index contributed by atoms with van der Waals surface area (Å²) in [6.07, 6.45) is 0.820. The molecule has 72 valence electrons. The summed E-state index contributed by atoms with van der Waals surface area (Å²) < 4.78 is 0.534. The number of nitrogens with one attached hydrogen (secondary N) is 1. The molecule has 0 atom stereocenters. The van der Waals surface area contributed by atoms with E-state index in [1.54, 1.807) is 18.2 Å². The van der Waals surface area contributed by atoms with Crippen molar-refractivity contribution in [1.29, 1.82) is 0 Å². The highest BCUT2D eigenvalue weighted by Crippen LogP contribution is 2.18. The molecule has 0 amide bonds. The van der Waals surface area contributed by atoms with Gasteiger partial charge in [0.2, 0.25) is 0 Å². The number of benzene rings is 1. The number of phenolic OH excluding ortho intramolecular Hbond substituents is 1. The van der Waals surface area contributed by atoms with E-state index >= 15 is 0 Å². The van der Waals surface area contributed by atoms with Crippen molar-refractivity contribution < 1.29 is 5.11 Å². The first-order valence-electron chi connectivity index (χ1n) is 4.42. The van der Waals surface area contributed by atoms with E-state index in [1.807, 2.05) is 6.92 Å². The second-order valence-electron chi connectivity index (χ2n) is 3.07. The number of rotatable bonds is 1. The Balaban J connectivity index is 2.83. The van der Waals surface area contributed by atoms with Crippen molar-refractivity contribution in [3.8, 4) is 5.75 Å². The Morgan fingerprint density at radius 2 is 2.29 bits per heavy atom. The number of H-pyrrole nitrogens is 1. The third kappa shape index (κ3) is 1.48. The molecule has 14 heavy (non-hydrogen) atoms. The van der Waals surface area contributed by atoms with Crippen LogP contribution in [0.4, 0.5) is 0 Å². The van der Waals surface area contributed by atoms with Crippen molar-refractivity contribution in [2.45, 2.75) is 13.3 Å². The van der Waals surface area contributed by atoms with E-state index in [4.69, 9.17) is 12.2 Å². The first kappa shape index (κ1) is 9.15. The van der Waals surface area contributed by atoms with Gasteiger partial charge in [0.05, 0.1) is 0 Å². The molecule has 2 aromatic rings. The lowest BCUT2D eigenvalue weighted by Crippen LogP contribution is -1.93. The van der Waals surface area contributed by atoms with Crippen molar-refractivity contribution in [3.05, 3.63) is 28.7 Å². The van der Waals surface area contributed by atoms with Crippen LogP contribution < -0.4 is 0 Å². The molecule has 0 aliphatic carbocycles. The Morgan fingerprint density at radius 1 is 1.50 bits per heavy atom. The first-order valence-corrected chi connectivity index (χ1v) is 4.83. The highest BCUT2D eigenvalue weighted by molar-refractivity contribution is 7.71. The van der Waals surface area contributed by atoms with Gasteiger partial charge >= 0.3 is 0 Å². The van der Waals surface area contributed by atoms with Gasteiger partial charge in [-0.2, -0.15) is 0 Å². The molecule has 0 saturated carbocycles. The van der Waals surface area contributed by atoms with E-state index in [-0.39, 0.29) is 5.75 Å². The molecule has 0 fully saturated rings. The number of hydrogen-bond acceptors (Lipinski definition) is 3. The van der Waals surface area contributed by atoms with Crippen LogP contribution >= 0.6 is 12.2 Å². The number of aromatic amines is 1. The Labute approximate surface area is 86.4 Å². The van der Waals surface area contributed by atoms with Gasteiger partial charge in [0, 0.05) is 17.3 Å². The minimum Gasteiger partial charge on any atom is -0.508 e. The van der Waals surface area contributed by atoms with Crippen LogP contribution in [-0.4, -0.2) is 15.1 Å². The number of phenols is 1. The molecule has 1 heterocycles. The summed E-state index contributed by atoms with van der Waals surface area (Å²) >= 11 is 5.12. The Bertz CT molecular complexity index is 533. The van der Waals surface area contributed by atoms with Gasteiger partial charge in [0.25, 0.3) is 0 Å². The SMILES string of the molecule is CCc1nc(=S)c2cc(O)ccc2[nH]1. The summed E-state index contributed by atoms with van der Waals surface area (Å²) in [6, 6.07) is 5.06. The Kier molecular flexibility index (Phi) is 2.21. The smallest absolute Gasteiger partial charge is 0.137 e. The number of aromatic nitrogens is 2. The molecule has 0 radical (unpaired) electrons. The monoisotopic (exact) mass is 206 g/mol. The molecule has 1 aromatic carbocycles. The van der Waals surface area contributed by atoms with E-state index in [9.17, 15) is 5.11 Å². The maximum Gasteiger partial charge on any atom is 0.137 e. The minimum absolute atomic E-state index is 0.211. The quantitative estimate of drug-likeness (QED) is 0.705. The second-order valence-corrected chi connectivity index (χ2v) is 3.46. The molecular formula is C10H10N2OS. The molecule has 0 unspecified atom stereocenters. The van der Waals surface area contributed by atoms with Gasteiger partial charge in [-0.1, -0.05) is 19.1 Å². The van der Waals surface area contributed by atoms with Gasteiger partial charge < -0.3 is 10.1 Å². The number of hydrogen-bond donors (Lipinski definition) is 2. The Hall–Kier alpha value is -1.42. The van der Waals surface area contributed by atoms with E-state index in [2.05, 4.69) is 9.97 Å². The van der Waals surface area contributed by atoms with Crippen molar-refractivity contribution in [2.75, 3.05) is 0 Å². The normalized spacial score (nSPS) is 10.6. The van der Waals surface area contributed by atoms with Crippen molar-refractivity contribution in [2.24, 2.45) is 0 Å². The molecular weight excluding hydrogens is 196 g/mol.